The molecule has 0 radical (unpaired) electrons. The maximum Gasteiger partial charge on any atom is 0.238 e. The van der Waals surface area contributed by atoms with Crippen molar-refractivity contribution in [3.05, 3.63) is 247 Å². The first-order valence-electron chi connectivity index (χ1n) is 21.5. The molecule has 0 fully saturated rings. The average molecular weight is 804 g/mol. The summed E-state index contributed by atoms with van der Waals surface area (Å²) in [5.41, 5.74) is 13.6. The lowest BCUT2D eigenvalue weighted by molar-refractivity contribution is 0.683. The van der Waals surface area contributed by atoms with Crippen molar-refractivity contribution in [3.63, 3.8) is 0 Å². The van der Waals surface area contributed by atoms with Gasteiger partial charge >= 0.3 is 0 Å². The number of para-hydroxylation sites is 4. The quantitative estimate of drug-likeness (QED) is 0.168. The second-order valence-electron chi connectivity index (χ2n) is 16.4. The number of hydrogen-bond donors (Lipinski definition) is 0. The fourth-order valence-corrected chi connectivity index (χ4v) is 10.3. The molecular formula is C58H37N5. The number of nitrogens with zero attached hydrogens (tertiary/aromatic N) is 5. The van der Waals surface area contributed by atoms with Gasteiger partial charge in [-0.3, -0.25) is 4.57 Å². The van der Waals surface area contributed by atoms with Crippen LogP contribution in [0.25, 0.3) is 88.9 Å². The van der Waals surface area contributed by atoms with Crippen molar-refractivity contribution in [1.82, 2.24) is 24.1 Å². The minimum absolute atomic E-state index is 0.574. The summed E-state index contributed by atoms with van der Waals surface area (Å²) < 4.78 is 4.57. The van der Waals surface area contributed by atoms with E-state index >= 15 is 0 Å². The Labute approximate surface area is 363 Å². The normalized spacial score (nSPS) is 12.9. The van der Waals surface area contributed by atoms with Gasteiger partial charge in [-0.2, -0.15) is 9.97 Å². The molecule has 12 aromatic rings. The molecule has 0 saturated heterocycles. The third-order valence-electron chi connectivity index (χ3n) is 13.0. The predicted molar refractivity (Wildman–Crippen MR) is 257 cm³/mol. The smallest absolute Gasteiger partial charge is 0.238 e. The fraction of sp³-hybridized carbons (Fsp3) is 0.0172. The molecule has 9 aromatic carbocycles. The van der Waals surface area contributed by atoms with Gasteiger partial charge in [-0.05, 0) is 87.5 Å². The Balaban J connectivity index is 1.07. The molecule has 63 heavy (non-hydrogen) atoms. The maximum atomic E-state index is 5.64. The minimum Gasteiger partial charge on any atom is -0.309 e. The highest BCUT2D eigenvalue weighted by molar-refractivity contribution is 6.11. The molecule has 1 aliphatic carbocycles. The second-order valence-corrected chi connectivity index (χ2v) is 16.4. The van der Waals surface area contributed by atoms with Gasteiger partial charge in [-0.25, -0.2) is 4.98 Å². The van der Waals surface area contributed by atoms with Gasteiger partial charge in [0.2, 0.25) is 5.95 Å². The van der Waals surface area contributed by atoms with Crippen LogP contribution >= 0.6 is 0 Å². The minimum atomic E-state index is -0.824. The average Bonchev–Trinajstić information content (AvgIpc) is 3.99. The Morgan fingerprint density at radius 1 is 0.333 bits per heavy atom. The van der Waals surface area contributed by atoms with Crippen molar-refractivity contribution in [3.8, 4) is 45.3 Å². The molecule has 0 spiro atoms. The number of benzene rings is 9. The topological polar surface area (TPSA) is 48.5 Å². The van der Waals surface area contributed by atoms with Crippen LogP contribution in [0.3, 0.4) is 0 Å². The van der Waals surface area contributed by atoms with E-state index in [1.54, 1.807) is 0 Å². The Morgan fingerprint density at radius 2 is 0.841 bits per heavy atom. The molecule has 13 rings (SSSR count). The third kappa shape index (κ3) is 5.20. The molecule has 0 bridgehead atoms. The Bertz CT molecular complexity index is 3650. The largest absolute Gasteiger partial charge is 0.309 e. The monoisotopic (exact) mass is 803 g/mol. The Kier molecular flexibility index (Phi) is 7.75. The van der Waals surface area contributed by atoms with Crippen LogP contribution in [0.1, 0.15) is 22.5 Å². The SMILES string of the molecule is c1ccc(-n2c3ccccc3c3cc(-c4cccc(-c5nc(-n6c7ccccc7c7ccccc76)nc(C6(c7ccccc7)c7ccccc7-c7ccccc76)n5)c4)ccc32)cc1. The number of rotatable bonds is 6. The van der Waals surface area contributed by atoms with E-state index in [0.29, 0.717) is 17.6 Å². The van der Waals surface area contributed by atoms with Gasteiger partial charge in [0.1, 0.15) is 5.41 Å². The molecule has 5 heteroatoms. The number of fused-ring (bicyclic) bond motifs is 9. The molecule has 0 atom stereocenters. The fourth-order valence-electron chi connectivity index (χ4n) is 10.3. The molecule has 294 valence electrons. The van der Waals surface area contributed by atoms with E-state index in [9.17, 15) is 0 Å². The Hall–Kier alpha value is -8.41. The van der Waals surface area contributed by atoms with E-state index in [0.717, 1.165) is 60.9 Å². The standard InChI is InChI=1S/C58H37N5/c1-3-20-41(21-4-1)58(49-29-12-7-24-43(49)44-25-8-13-30-50(44)58)56-59-55(60-57(61-56)63-52-32-15-9-26-45(52)46-27-10-16-33-53(46)63)40-19-17-18-38(36-40)39-34-35-54-48(37-39)47-28-11-14-31-51(47)62(54)42-22-5-2-6-23-42/h1-37H. The Morgan fingerprint density at radius 3 is 1.51 bits per heavy atom. The summed E-state index contributed by atoms with van der Waals surface area (Å²) >= 11 is 0. The van der Waals surface area contributed by atoms with Crippen LogP contribution in [-0.2, 0) is 5.41 Å². The summed E-state index contributed by atoms with van der Waals surface area (Å²) in [6, 6.07) is 80.1. The van der Waals surface area contributed by atoms with Crippen molar-refractivity contribution < 1.29 is 0 Å². The highest BCUT2D eigenvalue weighted by atomic mass is 15.2. The van der Waals surface area contributed by atoms with E-state index in [1.807, 2.05) is 0 Å². The van der Waals surface area contributed by atoms with Crippen molar-refractivity contribution in [2.45, 2.75) is 5.41 Å². The molecule has 5 nitrogen and oxygen atoms in total. The van der Waals surface area contributed by atoms with Crippen LogP contribution in [0, 0.1) is 0 Å². The van der Waals surface area contributed by atoms with E-state index in [2.05, 4.69) is 234 Å². The molecular weight excluding hydrogens is 767 g/mol. The maximum absolute atomic E-state index is 5.64. The molecule has 0 amide bonds. The third-order valence-corrected chi connectivity index (χ3v) is 13.0. The zero-order chi connectivity index (χ0) is 41.5. The molecule has 1 aliphatic rings. The van der Waals surface area contributed by atoms with Gasteiger partial charge < -0.3 is 4.57 Å². The summed E-state index contributed by atoms with van der Waals surface area (Å²) in [6.45, 7) is 0. The lowest BCUT2D eigenvalue weighted by atomic mass is 9.71. The molecule has 0 aliphatic heterocycles. The van der Waals surface area contributed by atoms with Crippen LogP contribution in [-0.4, -0.2) is 24.1 Å². The molecule has 0 unspecified atom stereocenters. The van der Waals surface area contributed by atoms with Crippen molar-refractivity contribution in [2.75, 3.05) is 0 Å². The van der Waals surface area contributed by atoms with E-state index in [1.165, 1.54) is 32.9 Å². The summed E-state index contributed by atoms with van der Waals surface area (Å²) in [7, 11) is 0. The van der Waals surface area contributed by atoms with Crippen molar-refractivity contribution in [1.29, 1.82) is 0 Å². The predicted octanol–water partition coefficient (Wildman–Crippen LogP) is 13.8. The summed E-state index contributed by atoms with van der Waals surface area (Å²) in [5, 5.41) is 4.72. The van der Waals surface area contributed by atoms with Crippen LogP contribution in [0.2, 0.25) is 0 Å². The molecule has 0 N–H and O–H groups in total. The van der Waals surface area contributed by atoms with E-state index in [4.69, 9.17) is 15.0 Å². The van der Waals surface area contributed by atoms with Crippen molar-refractivity contribution >= 4 is 43.6 Å². The second kappa shape index (κ2) is 13.8. The molecule has 3 heterocycles. The van der Waals surface area contributed by atoms with E-state index < -0.39 is 5.41 Å². The van der Waals surface area contributed by atoms with Gasteiger partial charge in [0.15, 0.2) is 11.6 Å². The lowest BCUT2D eigenvalue weighted by Crippen LogP contribution is -2.32. The van der Waals surface area contributed by atoms with Crippen LogP contribution in [0.4, 0.5) is 0 Å². The highest BCUT2D eigenvalue weighted by Gasteiger charge is 2.49. The van der Waals surface area contributed by atoms with Gasteiger partial charge in [0.25, 0.3) is 0 Å². The van der Waals surface area contributed by atoms with E-state index in [-0.39, 0.29) is 0 Å². The van der Waals surface area contributed by atoms with Gasteiger partial charge in [-0.1, -0.05) is 176 Å². The number of aromatic nitrogens is 5. The van der Waals surface area contributed by atoms with Crippen LogP contribution < -0.4 is 0 Å². The van der Waals surface area contributed by atoms with Crippen molar-refractivity contribution in [2.24, 2.45) is 0 Å². The first-order chi connectivity index (χ1) is 31.3. The van der Waals surface area contributed by atoms with Gasteiger partial charge in [-0.15, -0.1) is 0 Å². The molecule has 0 saturated carbocycles. The first-order valence-corrected chi connectivity index (χ1v) is 21.5. The van der Waals surface area contributed by atoms with Gasteiger partial charge in [0.05, 0.1) is 22.1 Å². The zero-order valence-corrected chi connectivity index (χ0v) is 34.1. The summed E-state index contributed by atoms with van der Waals surface area (Å²) in [5.74, 6) is 1.86. The summed E-state index contributed by atoms with van der Waals surface area (Å²) in [6.07, 6.45) is 0. The van der Waals surface area contributed by atoms with Crippen LogP contribution in [0.15, 0.2) is 224 Å². The highest BCUT2D eigenvalue weighted by Crippen LogP contribution is 2.55. The lowest BCUT2D eigenvalue weighted by Gasteiger charge is -2.32. The van der Waals surface area contributed by atoms with Gasteiger partial charge in [0, 0.05) is 32.8 Å². The first kappa shape index (κ1) is 35.4. The molecule has 3 aromatic heterocycles. The number of hydrogen-bond acceptors (Lipinski definition) is 3. The summed E-state index contributed by atoms with van der Waals surface area (Å²) in [4.78, 5) is 16.7. The van der Waals surface area contributed by atoms with Crippen LogP contribution in [0.5, 0.6) is 0 Å². The zero-order valence-electron chi connectivity index (χ0n) is 34.1.